The van der Waals surface area contributed by atoms with Crippen molar-refractivity contribution in [3.05, 3.63) is 11.1 Å². The van der Waals surface area contributed by atoms with E-state index in [1.54, 1.807) is 11.3 Å². The van der Waals surface area contributed by atoms with Crippen LogP contribution in [0.4, 0.5) is 5.13 Å². The molecular weight excluding hydrogens is 276 g/mol. The van der Waals surface area contributed by atoms with E-state index in [1.165, 1.54) is 7.11 Å². The van der Waals surface area contributed by atoms with Gasteiger partial charge in [-0.2, -0.15) is 0 Å². The normalized spacial score (nSPS) is 18.8. The fraction of sp³-hybridized carbons (Fsp3) is 0.714. The van der Waals surface area contributed by atoms with Gasteiger partial charge in [0.15, 0.2) is 5.13 Å². The van der Waals surface area contributed by atoms with Crippen molar-refractivity contribution in [2.24, 2.45) is 0 Å². The highest BCUT2D eigenvalue weighted by Crippen LogP contribution is 2.31. The van der Waals surface area contributed by atoms with Crippen LogP contribution < -0.4 is 4.90 Å². The van der Waals surface area contributed by atoms with Crippen LogP contribution in [0.2, 0.25) is 0 Å². The second-order valence-electron chi connectivity index (χ2n) is 5.16. The van der Waals surface area contributed by atoms with Gasteiger partial charge in [-0.15, -0.1) is 11.3 Å². The fourth-order valence-corrected chi connectivity index (χ4v) is 3.26. The molecule has 0 unspecified atom stereocenters. The van der Waals surface area contributed by atoms with Gasteiger partial charge in [0.1, 0.15) is 6.23 Å². The summed E-state index contributed by atoms with van der Waals surface area (Å²) in [5, 5.41) is 0.994. The lowest BCUT2D eigenvalue weighted by molar-refractivity contribution is -0.140. The summed E-state index contributed by atoms with van der Waals surface area (Å²) in [5.41, 5.74) is 0. The number of carbonyl (C=O) groups excluding carboxylic acids is 1. The number of thiazole rings is 1. The van der Waals surface area contributed by atoms with Crippen LogP contribution in [0.25, 0.3) is 0 Å². The molecule has 1 aromatic rings. The van der Waals surface area contributed by atoms with Crippen molar-refractivity contribution in [3.63, 3.8) is 0 Å². The van der Waals surface area contributed by atoms with Crippen LogP contribution in [0.1, 0.15) is 38.0 Å². The zero-order valence-electron chi connectivity index (χ0n) is 12.3. The Bertz CT molecular complexity index is 447. The van der Waals surface area contributed by atoms with Crippen molar-refractivity contribution in [1.29, 1.82) is 0 Å². The number of hydrogen-bond donors (Lipinski definition) is 0. The molecule has 0 saturated carbocycles. The van der Waals surface area contributed by atoms with E-state index in [9.17, 15) is 4.79 Å². The summed E-state index contributed by atoms with van der Waals surface area (Å²) in [7, 11) is 1.42. The maximum atomic E-state index is 11.2. The van der Waals surface area contributed by atoms with E-state index in [0.29, 0.717) is 12.8 Å². The average Bonchev–Trinajstić information content (AvgIpc) is 3.03. The first kappa shape index (κ1) is 15.3. The lowest BCUT2D eigenvalue weighted by Gasteiger charge is -2.25. The molecule has 2 heterocycles. The smallest absolute Gasteiger partial charge is 0.305 e. The molecule has 1 aliphatic heterocycles. The molecule has 6 heteroatoms. The van der Waals surface area contributed by atoms with E-state index in [-0.39, 0.29) is 18.3 Å². The molecule has 1 aromatic heterocycles. The second-order valence-corrected chi connectivity index (χ2v) is 6.25. The Hall–Kier alpha value is -1.14. The van der Waals surface area contributed by atoms with E-state index in [2.05, 4.69) is 28.5 Å². The number of carbonyl (C=O) groups is 1. The van der Waals surface area contributed by atoms with E-state index < -0.39 is 0 Å². The van der Waals surface area contributed by atoms with E-state index in [0.717, 1.165) is 29.4 Å². The first-order valence-corrected chi connectivity index (χ1v) is 7.85. The maximum absolute atomic E-state index is 11.2. The molecule has 5 nitrogen and oxygen atoms in total. The van der Waals surface area contributed by atoms with Crippen molar-refractivity contribution in [2.45, 2.75) is 51.9 Å². The second kappa shape index (κ2) is 7.04. The maximum Gasteiger partial charge on any atom is 0.305 e. The van der Waals surface area contributed by atoms with Gasteiger partial charge in [-0.3, -0.25) is 4.79 Å². The average molecular weight is 298 g/mol. The number of nitrogens with zero attached hydrogens (tertiary/aromatic N) is 2. The molecule has 1 aliphatic rings. The molecule has 2 rings (SSSR count). The standard InChI is InChI=1S/C14H22N2O3S/c1-10(2)19-12-5-4-8-16(12)14-15-9-11(20-14)6-7-13(17)18-3/h9-10,12H,4-8H2,1-3H3/t12-/m0/s1. The summed E-state index contributed by atoms with van der Waals surface area (Å²) in [6, 6.07) is 0. The summed E-state index contributed by atoms with van der Waals surface area (Å²) in [6.45, 7) is 5.10. The Kier molecular flexibility index (Phi) is 5.37. The minimum atomic E-state index is -0.179. The van der Waals surface area contributed by atoms with Crippen LogP contribution in [-0.4, -0.2) is 36.9 Å². The molecule has 112 valence electrons. The molecule has 0 amide bonds. The van der Waals surface area contributed by atoms with Crippen molar-refractivity contribution >= 4 is 22.4 Å². The highest BCUT2D eigenvalue weighted by Gasteiger charge is 2.28. The Morgan fingerprint density at radius 3 is 3.10 bits per heavy atom. The van der Waals surface area contributed by atoms with E-state index in [4.69, 9.17) is 4.74 Å². The summed E-state index contributed by atoms with van der Waals surface area (Å²) < 4.78 is 10.6. The highest BCUT2D eigenvalue weighted by molar-refractivity contribution is 7.15. The minimum Gasteiger partial charge on any atom is -0.469 e. The Balaban J connectivity index is 1.95. The van der Waals surface area contributed by atoms with Crippen molar-refractivity contribution in [3.8, 4) is 0 Å². The SMILES string of the molecule is COC(=O)CCc1cnc(N2CCC[C@@H]2OC(C)C)s1. The van der Waals surface area contributed by atoms with Gasteiger partial charge in [-0.25, -0.2) is 4.98 Å². The molecule has 20 heavy (non-hydrogen) atoms. The fourth-order valence-electron chi connectivity index (χ4n) is 2.28. The minimum absolute atomic E-state index is 0.134. The lowest BCUT2D eigenvalue weighted by Crippen LogP contribution is -2.33. The van der Waals surface area contributed by atoms with Crippen LogP contribution in [-0.2, 0) is 20.7 Å². The van der Waals surface area contributed by atoms with Gasteiger partial charge in [-0.05, 0) is 33.1 Å². The summed E-state index contributed by atoms with van der Waals surface area (Å²) >= 11 is 1.64. The first-order chi connectivity index (χ1) is 9.60. The number of rotatable bonds is 6. The Labute approximate surface area is 123 Å². The molecular formula is C14H22N2O3S. The number of esters is 1. The topological polar surface area (TPSA) is 51.7 Å². The number of ether oxygens (including phenoxy) is 2. The molecule has 0 bridgehead atoms. The molecule has 1 atom stereocenters. The van der Waals surface area contributed by atoms with Gasteiger partial charge in [0.25, 0.3) is 0 Å². The molecule has 0 N–H and O–H groups in total. The zero-order chi connectivity index (χ0) is 14.5. The molecule has 1 saturated heterocycles. The molecule has 0 radical (unpaired) electrons. The first-order valence-electron chi connectivity index (χ1n) is 7.03. The van der Waals surface area contributed by atoms with Crippen LogP contribution in [0.5, 0.6) is 0 Å². The van der Waals surface area contributed by atoms with Crippen molar-refractivity contribution in [1.82, 2.24) is 4.98 Å². The molecule has 1 fully saturated rings. The van der Waals surface area contributed by atoms with Crippen LogP contribution in [0.15, 0.2) is 6.20 Å². The number of aromatic nitrogens is 1. The molecule has 0 aromatic carbocycles. The summed E-state index contributed by atoms with van der Waals surface area (Å²) in [6.07, 6.45) is 5.49. The van der Waals surface area contributed by atoms with Gasteiger partial charge in [0.2, 0.25) is 0 Å². The lowest BCUT2D eigenvalue weighted by atomic mass is 10.3. The number of aryl methyl sites for hydroxylation is 1. The third-order valence-electron chi connectivity index (χ3n) is 3.22. The van der Waals surface area contributed by atoms with Gasteiger partial charge in [0.05, 0.1) is 19.6 Å². The number of hydrogen-bond acceptors (Lipinski definition) is 6. The molecule has 0 aliphatic carbocycles. The van der Waals surface area contributed by atoms with Crippen LogP contribution in [0.3, 0.4) is 0 Å². The third kappa shape index (κ3) is 3.93. The Morgan fingerprint density at radius 2 is 2.40 bits per heavy atom. The predicted octanol–water partition coefficient (Wildman–Crippen LogP) is 2.60. The van der Waals surface area contributed by atoms with Gasteiger partial charge < -0.3 is 14.4 Å². The van der Waals surface area contributed by atoms with Crippen molar-refractivity contribution in [2.75, 3.05) is 18.6 Å². The molecule has 0 spiro atoms. The Morgan fingerprint density at radius 1 is 1.60 bits per heavy atom. The van der Waals surface area contributed by atoms with Crippen LogP contribution in [0, 0.1) is 0 Å². The van der Waals surface area contributed by atoms with Crippen molar-refractivity contribution < 1.29 is 14.3 Å². The highest BCUT2D eigenvalue weighted by atomic mass is 32.1. The van der Waals surface area contributed by atoms with Gasteiger partial charge in [-0.1, -0.05) is 0 Å². The van der Waals surface area contributed by atoms with E-state index in [1.807, 2.05) is 6.20 Å². The quantitative estimate of drug-likeness (QED) is 0.756. The van der Waals surface area contributed by atoms with Crippen LogP contribution >= 0.6 is 11.3 Å². The monoisotopic (exact) mass is 298 g/mol. The zero-order valence-corrected chi connectivity index (χ0v) is 13.1. The number of methoxy groups -OCH3 is 1. The largest absolute Gasteiger partial charge is 0.469 e. The third-order valence-corrected chi connectivity index (χ3v) is 4.31. The van der Waals surface area contributed by atoms with E-state index >= 15 is 0 Å². The number of anilines is 1. The summed E-state index contributed by atoms with van der Waals surface area (Å²) in [4.78, 5) is 19.0. The predicted molar refractivity (Wildman–Crippen MR) is 79.0 cm³/mol. The van der Waals surface area contributed by atoms with Gasteiger partial charge in [0, 0.05) is 17.6 Å². The summed E-state index contributed by atoms with van der Waals surface area (Å²) in [5.74, 6) is -0.179. The van der Waals surface area contributed by atoms with Gasteiger partial charge >= 0.3 is 5.97 Å².